The van der Waals surface area contributed by atoms with Gasteiger partial charge in [0, 0.05) is 18.7 Å². The van der Waals surface area contributed by atoms with Crippen LogP contribution >= 0.6 is 11.6 Å². The van der Waals surface area contributed by atoms with Crippen LogP contribution in [-0.2, 0) is 6.54 Å². The number of halogens is 1. The zero-order valence-corrected chi connectivity index (χ0v) is 11.5. The molecule has 2 aromatic carbocycles. The fourth-order valence-corrected chi connectivity index (χ4v) is 1.96. The summed E-state index contributed by atoms with van der Waals surface area (Å²) < 4.78 is 0. The van der Waals surface area contributed by atoms with E-state index in [1.807, 2.05) is 0 Å². The third kappa shape index (κ3) is 3.70. The number of carboxylic acids is 1. The Labute approximate surface area is 125 Å². The van der Waals surface area contributed by atoms with E-state index in [1.54, 1.807) is 12.1 Å². The van der Waals surface area contributed by atoms with Gasteiger partial charge in [-0.25, -0.2) is 4.79 Å². The zero-order valence-electron chi connectivity index (χ0n) is 10.7. The van der Waals surface area contributed by atoms with Gasteiger partial charge in [0.1, 0.15) is 0 Å². The summed E-state index contributed by atoms with van der Waals surface area (Å²) >= 11 is 5.99. The largest absolute Gasteiger partial charge is 0.478 e. The smallest absolute Gasteiger partial charge is 0.335 e. The Morgan fingerprint density at radius 3 is 2.71 bits per heavy atom. The van der Waals surface area contributed by atoms with E-state index >= 15 is 0 Å². The van der Waals surface area contributed by atoms with Gasteiger partial charge in [-0.1, -0.05) is 23.7 Å². The first-order valence-electron chi connectivity index (χ1n) is 5.97. The van der Waals surface area contributed by atoms with Crippen LogP contribution in [0.1, 0.15) is 15.9 Å². The summed E-state index contributed by atoms with van der Waals surface area (Å²) in [6, 6.07) is 10.5. The molecule has 0 aliphatic heterocycles. The lowest BCUT2D eigenvalue weighted by Gasteiger charge is -2.09. The SMILES string of the molecule is O=C(O)c1ccc(Cl)c(NCc2cccc([N+](=O)[O-])c2)c1. The second-order valence-electron chi connectivity index (χ2n) is 4.28. The molecule has 0 aliphatic carbocycles. The van der Waals surface area contributed by atoms with Crippen LogP contribution in [0.25, 0.3) is 0 Å². The van der Waals surface area contributed by atoms with Crippen molar-refractivity contribution in [3.63, 3.8) is 0 Å². The molecule has 0 saturated carbocycles. The molecule has 0 radical (unpaired) electrons. The highest BCUT2D eigenvalue weighted by molar-refractivity contribution is 6.33. The Morgan fingerprint density at radius 1 is 1.29 bits per heavy atom. The molecule has 0 aromatic heterocycles. The minimum absolute atomic E-state index is 0.000293. The van der Waals surface area contributed by atoms with E-state index in [0.29, 0.717) is 22.8 Å². The molecule has 2 rings (SSSR count). The van der Waals surface area contributed by atoms with E-state index in [0.717, 1.165) is 0 Å². The van der Waals surface area contributed by atoms with Crippen LogP contribution in [0.5, 0.6) is 0 Å². The third-order valence-electron chi connectivity index (χ3n) is 2.82. The number of benzene rings is 2. The van der Waals surface area contributed by atoms with Crippen LogP contribution < -0.4 is 5.32 Å². The monoisotopic (exact) mass is 306 g/mol. The molecule has 108 valence electrons. The minimum atomic E-state index is -1.05. The lowest BCUT2D eigenvalue weighted by molar-refractivity contribution is -0.384. The van der Waals surface area contributed by atoms with E-state index in [1.165, 1.54) is 30.3 Å². The molecule has 2 aromatic rings. The molecule has 6 nitrogen and oxygen atoms in total. The van der Waals surface area contributed by atoms with E-state index in [9.17, 15) is 14.9 Å². The molecule has 0 bridgehead atoms. The summed E-state index contributed by atoms with van der Waals surface area (Å²) in [6.45, 7) is 0.296. The average molecular weight is 307 g/mol. The van der Waals surface area contributed by atoms with Crippen LogP contribution in [0.15, 0.2) is 42.5 Å². The van der Waals surface area contributed by atoms with Gasteiger partial charge in [-0.05, 0) is 23.8 Å². The van der Waals surface area contributed by atoms with Crippen molar-refractivity contribution in [2.24, 2.45) is 0 Å². The molecule has 0 atom stereocenters. The van der Waals surface area contributed by atoms with Gasteiger partial charge in [0.2, 0.25) is 0 Å². The van der Waals surface area contributed by atoms with Gasteiger partial charge in [-0.3, -0.25) is 10.1 Å². The Balaban J connectivity index is 2.16. The maximum Gasteiger partial charge on any atom is 0.335 e. The Bertz CT molecular complexity index is 703. The van der Waals surface area contributed by atoms with Crippen molar-refractivity contribution in [3.05, 3.63) is 68.7 Å². The number of nitrogens with one attached hydrogen (secondary N) is 1. The van der Waals surface area contributed by atoms with Crippen molar-refractivity contribution >= 4 is 28.9 Å². The second-order valence-corrected chi connectivity index (χ2v) is 4.69. The summed E-state index contributed by atoms with van der Waals surface area (Å²) in [5.41, 5.74) is 1.27. The molecule has 0 fully saturated rings. The molecule has 0 aliphatic rings. The molecule has 0 heterocycles. The molecule has 0 saturated heterocycles. The Morgan fingerprint density at radius 2 is 2.05 bits per heavy atom. The number of hydrogen-bond acceptors (Lipinski definition) is 4. The number of non-ortho nitro benzene ring substituents is 1. The summed E-state index contributed by atoms with van der Waals surface area (Å²) in [5.74, 6) is -1.05. The summed E-state index contributed by atoms with van der Waals surface area (Å²) in [7, 11) is 0. The first-order valence-corrected chi connectivity index (χ1v) is 6.35. The van der Waals surface area contributed by atoms with Crippen LogP contribution in [0.2, 0.25) is 5.02 Å². The van der Waals surface area contributed by atoms with Crippen molar-refractivity contribution in [1.82, 2.24) is 0 Å². The van der Waals surface area contributed by atoms with Crippen molar-refractivity contribution < 1.29 is 14.8 Å². The van der Waals surface area contributed by atoms with Crippen molar-refractivity contribution in [2.45, 2.75) is 6.54 Å². The topological polar surface area (TPSA) is 92.5 Å². The number of nitro groups is 1. The van der Waals surface area contributed by atoms with Crippen LogP contribution in [0.3, 0.4) is 0 Å². The maximum absolute atomic E-state index is 10.9. The maximum atomic E-state index is 10.9. The van der Waals surface area contributed by atoms with E-state index in [2.05, 4.69) is 5.32 Å². The Hall–Kier alpha value is -2.60. The quantitative estimate of drug-likeness (QED) is 0.651. The number of rotatable bonds is 5. The highest BCUT2D eigenvalue weighted by Gasteiger charge is 2.09. The number of nitro benzene ring substituents is 1. The van der Waals surface area contributed by atoms with Gasteiger partial charge < -0.3 is 10.4 Å². The number of hydrogen-bond donors (Lipinski definition) is 2. The number of carboxylic acid groups (broad SMARTS) is 1. The van der Waals surface area contributed by atoms with Crippen molar-refractivity contribution in [3.8, 4) is 0 Å². The average Bonchev–Trinajstić information content (AvgIpc) is 2.46. The van der Waals surface area contributed by atoms with Gasteiger partial charge in [-0.2, -0.15) is 0 Å². The van der Waals surface area contributed by atoms with Gasteiger partial charge >= 0.3 is 5.97 Å². The fraction of sp³-hybridized carbons (Fsp3) is 0.0714. The van der Waals surface area contributed by atoms with E-state index < -0.39 is 10.9 Å². The highest BCUT2D eigenvalue weighted by atomic mass is 35.5. The normalized spacial score (nSPS) is 10.1. The standard InChI is InChI=1S/C14H11ClN2O4/c15-12-5-4-10(14(18)19)7-13(12)16-8-9-2-1-3-11(6-9)17(20)21/h1-7,16H,8H2,(H,18,19). The number of nitrogens with zero attached hydrogens (tertiary/aromatic N) is 1. The van der Waals surface area contributed by atoms with Crippen LogP contribution in [-0.4, -0.2) is 16.0 Å². The van der Waals surface area contributed by atoms with E-state index in [-0.39, 0.29) is 11.3 Å². The van der Waals surface area contributed by atoms with Crippen molar-refractivity contribution in [1.29, 1.82) is 0 Å². The first kappa shape index (κ1) is 14.8. The molecule has 2 N–H and O–H groups in total. The number of aromatic carboxylic acids is 1. The third-order valence-corrected chi connectivity index (χ3v) is 3.15. The predicted molar refractivity (Wildman–Crippen MR) is 78.8 cm³/mol. The van der Waals surface area contributed by atoms with Crippen LogP contribution in [0.4, 0.5) is 11.4 Å². The zero-order chi connectivity index (χ0) is 15.4. The number of carbonyl (C=O) groups is 1. The van der Waals surface area contributed by atoms with Gasteiger partial charge in [0.25, 0.3) is 5.69 Å². The molecule has 0 unspecified atom stereocenters. The molecule has 0 spiro atoms. The predicted octanol–water partition coefficient (Wildman–Crippen LogP) is 3.56. The van der Waals surface area contributed by atoms with E-state index in [4.69, 9.17) is 16.7 Å². The van der Waals surface area contributed by atoms with Gasteiger partial charge in [-0.15, -0.1) is 0 Å². The van der Waals surface area contributed by atoms with Gasteiger partial charge in [0.15, 0.2) is 0 Å². The van der Waals surface area contributed by atoms with Crippen molar-refractivity contribution in [2.75, 3.05) is 5.32 Å². The first-order chi connectivity index (χ1) is 9.97. The summed E-state index contributed by atoms with van der Waals surface area (Å²) in [4.78, 5) is 21.1. The lowest BCUT2D eigenvalue weighted by Crippen LogP contribution is -2.03. The molecular formula is C14H11ClN2O4. The van der Waals surface area contributed by atoms with Crippen LogP contribution in [0, 0.1) is 10.1 Å². The van der Waals surface area contributed by atoms with Gasteiger partial charge in [0.05, 0.1) is 21.2 Å². The molecular weight excluding hydrogens is 296 g/mol. The molecule has 7 heteroatoms. The highest BCUT2D eigenvalue weighted by Crippen LogP contribution is 2.24. The summed E-state index contributed by atoms with van der Waals surface area (Å²) in [6.07, 6.45) is 0. The summed E-state index contributed by atoms with van der Waals surface area (Å²) in [5, 5.41) is 23.0. The fourth-order valence-electron chi connectivity index (χ4n) is 1.77. The minimum Gasteiger partial charge on any atom is -0.478 e. The second kappa shape index (κ2) is 6.23. The molecule has 0 amide bonds. The Kier molecular flexibility index (Phi) is 4.39. The molecule has 21 heavy (non-hydrogen) atoms. The number of anilines is 1. The lowest BCUT2D eigenvalue weighted by atomic mass is 10.1.